The van der Waals surface area contributed by atoms with Crippen LogP contribution >= 0.6 is 24.4 Å². The standard InChI is InChI=1S/C27H22F3N5O3S2/c28-27(29,30)26(37)38-22-19-11-18(31)7-8-20(19)35(13-15-4-2-6-17(10-15)24(33)40)21(22)25(36)34-12-14-3-1-5-16(9-14)23(32)39/h1-11H,12-13,31H2,(H2,32,39)(H2,33,40)(H,34,36). The lowest BCUT2D eigenvalue weighted by Crippen LogP contribution is -2.30. The van der Waals surface area contributed by atoms with Crippen LogP contribution in [0.2, 0.25) is 0 Å². The molecule has 7 N–H and O–H groups in total. The number of carbonyl (C=O) groups is 2. The Bertz CT molecular complexity index is 1670. The fourth-order valence-electron chi connectivity index (χ4n) is 4.09. The van der Waals surface area contributed by atoms with Crippen LogP contribution in [0.3, 0.4) is 0 Å². The van der Waals surface area contributed by atoms with E-state index < -0.39 is 23.8 Å². The zero-order chi connectivity index (χ0) is 29.2. The number of carbonyl (C=O) groups excluding carboxylic acids is 2. The van der Waals surface area contributed by atoms with Crippen molar-refractivity contribution < 1.29 is 27.5 Å². The van der Waals surface area contributed by atoms with Gasteiger partial charge in [-0.15, -0.1) is 0 Å². The summed E-state index contributed by atoms with van der Waals surface area (Å²) in [5, 5.41) is 2.72. The predicted molar refractivity (Wildman–Crippen MR) is 153 cm³/mol. The molecule has 0 unspecified atom stereocenters. The summed E-state index contributed by atoms with van der Waals surface area (Å²) in [6.45, 7) is -0.0251. The Kier molecular flexibility index (Phi) is 8.07. The first-order valence-corrected chi connectivity index (χ1v) is 12.4. The highest BCUT2D eigenvalue weighted by atomic mass is 32.1. The van der Waals surface area contributed by atoms with Crippen molar-refractivity contribution in [3.05, 3.63) is 94.7 Å². The summed E-state index contributed by atoms with van der Waals surface area (Å²) in [6.07, 6.45) is -5.31. The molecule has 4 aromatic rings. The first kappa shape index (κ1) is 28.5. The topological polar surface area (TPSA) is 138 Å². The maximum absolute atomic E-state index is 13.6. The van der Waals surface area contributed by atoms with Gasteiger partial charge in [-0.05, 0) is 41.5 Å². The second-order valence-electron chi connectivity index (χ2n) is 8.74. The van der Waals surface area contributed by atoms with Crippen LogP contribution in [0.1, 0.15) is 32.7 Å². The van der Waals surface area contributed by atoms with Gasteiger partial charge in [0.05, 0.1) is 5.52 Å². The van der Waals surface area contributed by atoms with Crippen LogP contribution < -0.4 is 27.3 Å². The summed E-state index contributed by atoms with van der Waals surface area (Å²) in [5.41, 5.74) is 19.9. The number of hydrogen-bond acceptors (Lipinski definition) is 6. The van der Waals surface area contributed by atoms with Crippen molar-refractivity contribution in [2.45, 2.75) is 19.3 Å². The molecule has 0 radical (unpaired) electrons. The van der Waals surface area contributed by atoms with Crippen LogP contribution in [-0.4, -0.2) is 32.6 Å². The molecular weight excluding hydrogens is 563 g/mol. The zero-order valence-corrected chi connectivity index (χ0v) is 22.3. The number of nitrogens with zero attached hydrogens (tertiary/aromatic N) is 1. The molecule has 40 heavy (non-hydrogen) atoms. The fraction of sp³-hybridized carbons (Fsp3) is 0.111. The monoisotopic (exact) mass is 585 g/mol. The van der Waals surface area contributed by atoms with Crippen molar-refractivity contribution >= 4 is 62.9 Å². The van der Waals surface area contributed by atoms with Gasteiger partial charge in [-0.3, -0.25) is 4.79 Å². The van der Waals surface area contributed by atoms with Crippen LogP contribution in [0.25, 0.3) is 10.9 Å². The Morgan fingerprint density at radius 2 is 1.50 bits per heavy atom. The van der Waals surface area contributed by atoms with Gasteiger partial charge in [-0.25, -0.2) is 4.79 Å². The van der Waals surface area contributed by atoms with Crippen LogP contribution in [0.4, 0.5) is 18.9 Å². The van der Waals surface area contributed by atoms with E-state index in [9.17, 15) is 22.8 Å². The smallest absolute Gasteiger partial charge is 0.417 e. The van der Waals surface area contributed by atoms with E-state index >= 15 is 0 Å². The number of nitrogens with two attached hydrogens (primary N) is 3. The molecule has 0 aliphatic rings. The summed E-state index contributed by atoms with van der Waals surface area (Å²) < 4.78 is 46.0. The number of rotatable bonds is 8. The normalized spacial score (nSPS) is 11.3. The fourth-order valence-corrected chi connectivity index (χ4v) is 4.35. The molecule has 3 aromatic carbocycles. The van der Waals surface area contributed by atoms with E-state index in [1.807, 2.05) is 0 Å². The van der Waals surface area contributed by atoms with Crippen molar-refractivity contribution in [3.63, 3.8) is 0 Å². The van der Waals surface area contributed by atoms with Crippen molar-refractivity contribution in [2.24, 2.45) is 11.5 Å². The number of ether oxygens (including phenoxy) is 1. The van der Waals surface area contributed by atoms with Crippen molar-refractivity contribution in [2.75, 3.05) is 5.73 Å². The Hall–Kier alpha value is -4.49. The molecule has 0 bridgehead atoms. The van der Waals surface area contributed by atoms with E-state index in [2.05, 4.69) is 5.32 Å². The third-order valence-corrected chi connectivity index (χ3v) is 6.37. The third kappa shape index (κ3) is 6.21. The number of alkyl halides is 3. The third-order valence-electron chi connectivity index (χ3n) is 5.90. The molecule has 0 aliphatic carbocycles. The minimum absolute atomic E-state index is 0.000121. The summed E-state index contributed by atoms with van der Waals surface area (Å²) in [6, 6.07) is 18.0. The number of fused-ring (bicyclic) bond motifs is 1. The molecule has 1 amide bonds. The number of esters is 1. The predicted octanol–water partition coefficient (Wildman–Crippen LogP) is 3.94. The van der Waals surface area contributed by atoms with Crippen LogP contribution in [0.5, 0.6) is 5.75 Å². The number of nitrogen functional groups attached to an aromatic ring is 1. The van der Waals surface area contributed by atoms with Gasteiger partial charge in [0, 0.05) is 35.3 Å². The summed E-state index contributed by atoms with van der Waals surface area (Å²) >= 11 is 10.0. The average molecular weight is 586 g/mol. The summed E-state index contributed by atoms with van der Waals surface area (Å²) in [7, 11) is 0. The number of thiocarbonyl (C=S) groups is 2. The van der Waals surface area contributed by atoms with Crippen LogP contribution in [0, 0.1) is 0 Å². The van der Waals surface area contributed by atoms with E-state index in [4.69, 9.17) is 46.4 Å². The molecule has 1 aromatic heterocycles. The molecule has 0 aliphatic heterocycles. The largest absolute Gasteiger partial charge is 0.491 e. The molecule has 0 atom stereocenters. The number of halogens is 3. The first-order valence-electron chi connectivity index (χ1n) is 11.6. The van der Waals surface area contributed by atoms with Gasteiger partial charge < -0.3 is 31.8 Å². The Morgan fingerprint density at radius 3 is 2.10 bits per heavy atom. The van der Waals surface area contributed by atoms with Crippen LogP contribution in [0.15, 0.2) is 66.7 Å². The van der Waals surface area contributed by atoms with Gasteiger partial charge in [-0.2, -0.15) is 13.2 Å². The molecule has 8 nitrogen and oxygen atoms in total. The number of anilines is 1. The lowest BCUT2D eigenvalue weighted by Gasteiger charge is -2.14. The second-order valence-corrected chi connectivity index (χ2v) is 9.62. The molecule has 0 saturated heterocycles. The highest BCUT2D eigenvalue weighted by Crippen LogP contribution is 2.37. The van der Waals surface area contributed by atoms with E-state index in [1.54, 1.807) is 48.5 Å². The molecule has 4 rings (SSSR count). The van der Waals surface area contributed by atoms with Gasteiger partial charge in [0.1, 0.15) is 9.98 Å². The molecule has 1 heterocycles. The molecule has 0 fully saturated rings. The van der Waals surface area contributed by atoms with E-state index in [-0.39, 0.29) is 39.8 Å². The molecule has 206 valence electrons. The summed E-state index contributed by atoms with van der Waals surface area (Å²) in [5.74, 6) is -3.86. The molecular formula is C27H22F3N5O3S2. The number of nitrogens with one attached hydrogen (secondary N) is 1. The molecule has 13 heteroatoms. The maximum Gasteiger partial charge on any atom is 0.491 e. The van der Waals surface area contributed by atoms with Gasteiger partial charge >= 0.3 is 12.1 Å². The van der Waals surface area contributed by atoms with Crippen LogP contribution in [-0.2, 0) is 17.9 Å². The van der Waals surface area contributed by atoms with E-state index in [0.717, 1.165) is 0 Å². The van der Waals surface area contributed by atoms with Crippen molar-refractivity contribution in [1.29, 1.82) is 0 Å². The van der Waals surface area contributed by atoms with E-state index in [1.165, 1.54) is 22.8 Å². The molecule has 0 saturated carbocycles. The summed E-state index contributed by atoms with van der Waals surface area (Å²) in [4.78, 5) is 25.8. The Balaban J connectivity index is 1.84. The second kappa shape index (κ2) is 11.3. The van der Waals surface area contributed by atoms with Crippen molar-refractivity contribution in [1.82, 2.24) is 9.88 Å². The quantitative estimate of drug-likeness (QED) is 0.139. The highest BCUT2D eigenvalue weighted by Gasteiger charge is 2.43. The van der Waals surface area contributed by atoms with Crippen molar-refractivity contribution in [3.8, 4) is 5.75 Å². The number of amides is 1. The highest BCUT2D eigenvalue weighted by molar-refractivity contribution is 7.80. The maximum atomic E-state index is 13.6. The minimum Gasteiger partial charge on any atom is -0.417 e. The minimum atomic E-state index is -5.31. The number of benzene rings is 3. The van der Waals surface area contributed by atoms with Gasteiger partial charge in [-0.1, -0.05) is 60.8 Å². The first-order chi connectivity index (χ1) is 18.8. The zero-order valence-electron chi connectivity index (χ0n) is 20.6. The average Bonchev–Trinajstić information content (AvgIpc) is 3.18. The molecule has 0 spiro atoms. The SMILES string of the molecule is NC(=S)c1cccc(CNC(=O)c2c(OC(=O)C(F)(F)F)c3cc(N)ccc3n2Cc2cccc(C(N)=S)c2)c1. The Labute approximate surface area is 236 Å². The number of aromatic nitrogens is 1. The number of hydrogen-bond donors (Lipinski definition) is 4. The van der Waals surface area contributed by atoms with E-state index in [0.29, 0.717) is 27.8 Å². The van der Waals surface area contributed by atoms with Gasteiger partial charge in [0.2, 0.25) is 0 Å². The lowest BCUT2D eigenvalue weighted by atomic mass is 10.1. The Morgan fingerprint density at radius 1 is 0.900 bits per heavy atom. The van der Waals surface area contributed by atoms with Gasteiger partial charge in [0.25, 0.3) is 5.91 Å². The lowest BCUT2D eigenvalue weighted by molar-refractivity contribution is -0.189. The van der Waals surface area contributed by atoms with Gasteiger partial charge in [0.15, 0.2) is 11.4 Å².